The summed E-state index contributed by atoms with van der Waals surface area (Å²) in [5.74, 6) is -0.341. The predicted octanol–water partition coefficient (Wildman–Crippen LogP) is 2.08. The number of hydrogen-bond acceptors (Lipinski definition) is 3. The average Bonchev–Trinajstić information content (AvgIpc) is 2.92. The maximum absolute atomic E-state index is 14.8. The molecule has 6 heteroatoms. The van der Waals surface area contributed by atoms with Crippen molar-refractivity contribution < 1.29 is 9.13 Å². The number of morpholine rings is 1. The molecule has 132 valence electrons. The van der Waals surface area contributed by atoms with Crippen molar-refractivity contribution in [2.75, 3.05) is 19.7 Å². The first kappa shape index (κ1) is 17.2. The summed E-state index contributed by atoms with van der Waals surface area (Å²) in [5.41, 5.74) is 5.27. The fraction of sp³-hybridized carbons (Fsp3) is 0.350. The van der Waals surface area contributed by atoms with Gasteiger partial charge in [-0.2, -0.15) is 0 Å². The fourth-order valence-electron chi connectivity index (χ4n) is 3.63. The van der Waals surface area contributed by atoms with Crippen molar-refractivity contribution in [2.45, 2.75) is 26.4 Å². The van der Waals surface area contributed by atoms with Gasteiger partial charge in [-0.25, -0.2) is 9.37 Å². The van der Waals surface area contributed by atoms with Crippen LogP contribution in [0.2, 0.25) is 0 Å². The summed E-state index contributed by atoms with van der Waals surface area (Å²) in [6.45, 7) is 6.22. The van der Waals surface area contributed by atoms with Crippen molar-refractivity contribution in [3.63, 3.8) is 0 Å². The molecule has 0 saturated carbocycles. The number of nitrogens with zero attached hydrogens (tertiary/aromatic N) is 2. The van der Waals surface area contributed by atoms with Crippen molar-refractivity contribution in [1.82, 2.24) is 14.7 Å². The van der Waals surface area contributed by atoms with E-state index >= 15 is 0 Å². The highest BCUT2D eigenvalue weighted by molar-refractivity contribution is 6.32. The molecule has 2 aromatic heterocycles. The van der Waals surface area contributed by atoms with Crippen LogP contribution in [-0.4, -0.2) is 43.0 Å². The zero-order valence-electron chi connectivity index (χ0n) is 15.1. The molecule has 1 fully saturated rings. The van der Waals surface area contributed by atoms with Gasteiger partial charge in [0.05, 0.1) is 24.1 Å². The molecule has 1 N–H and O–H groups in total. The molecule has 3 aromatic rings. The van der Waals surface area contributed by atoms with Crippen LogP contribution in [0.25, 0.3) is 16.9 Å². The van der Waals surface area contributed by atoms with Gasteiger partial charge in [0, 0.05) is 31.3 Å². The standard InChI is InChI=1S/C20H21BFN3O/c1-12-3-5-25-17(10-15-11-23-4-6-26-15)20(24-18(25)7-12)19-13(2)8-14(21)9-16(19)22/h3,5,7-9,15,23H,4,6,10-11H2,1-2H3. The van der Waals surface area contributed by atoms with Gasteiger partial charge in [0.1, 0.15) is 19.3 Å². The maximum atomic E-state index is 14.8. The van der Waals surface area contributed by atoms with Crippen LogP contribution in [0.1, 0.15) is 16.8 Å². The SMILES string of the molecule is [B]c1cc(C)c(-c2nc3cc(C)ccn3c2CC2CNCCO2)c(F)c1. The van der Waals surface area contributed by atoms with E-state index in [1.807, 2.05) is 36.6 Å². The smallest absolute Gasteiger partial charge is 0.137 e. The third-order valence-electron chi connectivity index (χ3n) is 4.85. The summed E-state index contributed by atoms with van der Waals surface area (Å²) < 4.78 is 22.7. The van der Waals surface area contributed by atoms with Gasteiger partial charge in [0.15, 0.2) is 0 Å². The first-order valence-corrected chi connectivity index (χ1v) is 8.89. The van der Waals surface area contributed by atoms with E-state index in [-0.39, 0.29) is 11.9 Å². The van der Waals surface area contributed by atoms with Gasteiger partial charge in [0.2, 0.25) is 0 Å². The highest BCUT2D eigenvalue weighted by Crippen LogP contribution is 2.30. The zero-order chi connectivity index (χ0) is 18.3. The minimum Gasteiger partial charge on any atom is -0.375 e. The summed E-state index contributed by atoms with van der Waals surface area (Å²) in [6.07, 6.45) is 2.70. The second-order valence-electron chi connectivity index (χ2n) is 6.94. The van der Waals surface area contributed by atoms with E-state index in [0.717, 1.165) is 35.6 Å². The van der Waals surface area contributed by atoms with Crippen molar-refractivity contribution in [2.24, 2.45) is 0 Å². The van der Waals surface area contributed by atoms with Gasteiger partial charge in [-0.05, 0) is 43.2 Å². The number of pyridine rings is 1. The first-order chi connectivity index (χ1) is 12.5. The highest BCUT2D eigenvalue weighted by Gasteiger charge is 2.23. The number of benzene rings is 1. The molecule has 1 atom stereocenters. The molecule has 4 rings (SSSR count). The second kappa shape index (κ2) is 6.85. The van der Waals surface area contributed by atoms with E-state index in [1.54, 1.807) is 6.07 Å². The van der Waals surface area contributed by atoms with E-state index < -0.39 is 0 Å². The van der Waals surface area contributed by atoms with Crippen LogP contribution < -0.4 is 10.8 Å². The molecule has 4 nitrogen and oxygen atoms in total. The van der Waals surface area contributed by atoms with Gasteiger partial charge in [-0.3, -0.25) is 0 Å². The Kier molecular flexibility index (Phi) is 4.55. The third-order valence-corrected chi connectivity index (χ3v) is 4.85. The van der Waals surface area contributed by atoms with E-state index in [1.165, 1.54) is 6.07 Å². The summed E-state index contributed by atoms with van der Waals surface area (Å²) in [5, 5.41) is 3.35. The zero-order valence-corrected chi connectivity index (χ0v) is 15.1. The van der Waals surface area contributed by atoms with Gasteiger partial charge >= 0.3 is 0 Å². The van der Waals surface area contributed by atoms with Crippen molar-refractivity contribution in [3.8, 4) is 11.3 Å². The molecule has 1 saturated heterocycles. The lowest BCUT2D eigenvalue weighted by atomic mass is 9.90. The number of halogens is 1. The molecule has 2 radical (unpaired) electrons. The third kappa shape index (κ3) is 3.15. The lowest BCUT2D eigenvalue weighted by Gasteiger charge is -2.24. The minimum absolute atomic E-state index is 0.0425. The number of nitrogens with one attached hydrogen (secondary N) is 1. The Morgan fingerprint density at radius 2 is 2.19 bits per heavy atom. The first-order valence-electron chi connectivity index (χ1n) is 8.89. The van der Waals surface area contributed by atoms with E-state index in [2.05, 4.69) is 5.32 Å². The normalized spacial score (nSPS) is 17.7. The Labute approximate surface area is 153 Å². The van der Waals surface area contributed by atoms with Crippen LogP contribution >= 0.6 is 0 Å². The predicted molar refractivity (Wildman–Crippen MR) is 102 cm³/mol. The summed E-state index contributed by atoms with van der Waals surface area (Å²) in [7, 11) is 5.79. The van der Waals surface area contributed by atoms with Crippen molar-refractivity contribution in [3.05, 3.63) is 53.1 Å². The minimum atomic E-state index is -0.341. The number of aryl methyl sites for hydroxylation is 2. The number of rotatable bonds is 3. The molecule has 3 heterocycles. The lowest BCUT2D eigenvalue weighted by molar-refractivity contribution is 0.0286. The van der Waals surface area contributed by atoms with Crippen LogP contribution in [0.3, 0.4) is 0 Å². The van der Waals surface area contributed by atoms with Crippen LogP contribution in [0.15, 0.2) is 30.5 Å². The van der Waals surface area contributed by atoms with E-state index in [0.29, 0.717) is 29.7 Å². The Balaban J connectivity index is 1.89. The molecule has 26 heavy (non-hydrogen) atoms. The molecule has 1 aliphatic heterocycles. The molecule has 1 aromatic carbocycles. The topological polar surface area (TPSA) is 38.6 Å². The second-order valence-corrected chi connectivity index (χ2v) is 6.94. The van der Waals surface area contributed by atoms with E-state index in [4.69, 9.17) is 17.6 Å². The molecule has 0 bridgehead atoms. The van der Waals surface area contributed by atoms with Crippen molar-refractivity contribution >= 4 is 19.0 Å². The Morgan fingerprint density at radius 1 is 1.35 bits per heavy atom. The lowest BCUT2D eigenvalue weighted by Crippen LogP contribution is -2.39. The van der Waals surface area contributed by atoms with Crippen LogP contribution in [0.4, 0.5) is 4.39 Å². The Morgan fingerprint density at radius 3 is 2.92 bits per heavy atom. The average molecular weight is 349 g/mol. The monoisotopic (exact) mass is 349 g/mol. The number of imidazole rings is 1. The van der Waals surface area contributed by atoms with E-state index in [9.17, 15) is 4.39 Å². The Hall–Kier alpha value is -2.18. The molecule has 0 aliphatic carbocycles. The number of aromatic nitrogens is 2. The maximum Gasteiger partial charge on any atom is 0.137 e. The molecule has 1 unspecified atom stereocenters. The van der Waals surface area contributed by atoms with Gasteiger partial charge in [-0.15, -0.1) is 0 Å². The number of hydrogen-bond donors (Lipinski definition) is 1. The summed E-state index contributed by atoms with van der Waals surface area (Å²) in [6, 6.07) is 7.20. The summed E-state index contributed by atoms with van der Waals surface area (Å²) >= 11 is 0. The van der Waals surface area contributed by atoms with Gasteiger partial charge < -0.3 is 14.5 Å². The van der Waals surface area contributed by atoms with Crippen LogP contribution in [-0.2, 0) is 11.2 Å². The van der Waals surface area contributed by atoms with Gasteiger partial charge in [0.25, 0.3) is 0 Å². The largest absolute Gasteiger partial charge is 0.375 e. The molecular formula is C20H21BFN3O. The Bertz CT molecular complexity index is 940. The van der Waals surface area contributed by atoms with Crippen molar-refractivity contribution in [1.29, 1.82) is 0 Å². The molecule has 0 amide bonds. The summed E-state index contributed by atoms with van der Waals surface area (Å²) in [4.78, 5) is 4.77. The van der Waals surface area contributed by atoms with Crippen LogP contribution in [0.5, 0.6) is 0 Å². The molecule has 0 spiro atoms. The van der Waals surface area contributed by atoms with Crippen LogP contribution in [0, 0.1) is 19.7 Å². The molecular weight excluding hydrogens is 328 g/mol. The fourth-order valence-corrected chi connectivity index (χ4v) is 3.63. The highest BCUT2D eigenvalue weighted by atomic mass is 19.1. The number of fused-ring (bicyclic) bond motifs is 1. The molecule has 1 aliphatic rings. The number of ether oxygens (including phenoxy) is 1. The quantitative estimate of drug-likeness (QED) is 0.736. The van der Waals surface area contributed by atoms with Gasteiger partial charge in [-0.1, -0.05) is 11.5 Å².